The van der Waals surface area contributed by atoms with Crippen LogP contribution in [0.4, 0.5) is 9.59 Å². The monoisotopic (exact) mass is 167 g/mol. The summed E-state index contributed by atoms with van der Waals surface area (Å²) in [5.41, 5.74) is 4.54. The number of carboxylic acid groups (broad SMARTS) is 1. The number of nitrogens with two attached hydrogens (primary N) is 1. The fraction of sp³-hybridized carbons (Fsp3) is 0.500. The summed E-state index contributed by atoms with van der Waals surface area (Å²) in [5.74, 6) is 0. The number of carbonyl (C=O) groups is 2. The minimum atomic E-state index is -1.14. The second-order valence-corrected chi connectivity index (χ2v) is 1.42. The first-order valence-electron chi connectivity index (χ1n) is 2.34. The van der Waals surface area contributed by atoms with Crippen molar-refractivity contribution in [3.63, 3.8) is 0 Å². The first-order valence-corrected chi connectivity index (χ1v) is 2.79. The van der Waals surface area contributed by atoms with Gasteiger partial charge in [0.15, 0.2) is 0 Å². The summed E-state index contributed by atoms with van der Waals surface area (Å²) < 4.78 is 4.18. The fourth-order valence-electron chi connectivity index (χ4n) is 0.142. The molecule has 0 radical (unpaired) electrons. The molecule has 0 aliphatic carbocycles. The van der Waals surface area contributed by atoms with Gasteiger partial charge >= 0.3 is 11.4 Å². The van der Waals surface area contributed by atoms with Crippen molar-refractivity contribution in [2.24, 2.45) is 5.73 Å². The number of primary amides is 1. The van der Waals surface area contributed by atoms with Gasteiger partial charge in [0.1, 0.15) is 0 Å². The fourth-order valence-corrected chi connectivity index (χ4v) is 0.142. The van der Waals surface area contributed by atoms with Crippen molar-refractivity contribution in [1.82, 2.24) is 0 Å². The summed E-state index contributed by atoms with van der Waals surface area (Å²) in [6.45, 7) is 2.06. The van der Waals surface area contributed by atoms with Gasteiger partial charge in [-0.3, -0.25) is 0 Å². The maximum Gasteiger partial charge on any atom is 0.404 e. The first-order chi connectivity index (χ1) is 4.50. The minimum Gasteiger partial charge on any atom is -0.473 e. The third kappa shape index (κ3) is 60.2. The van der Waals surface area contributed by atoms with Gasteiger partial charge in [-0.1, -0.05) is 12.6 Å². The van der Waals surface area contributed by atoms with Crippen molar-refractivity contribution in [2.75, 3.05) is 6.61 Å². The number of amides is 1. The third-order valence-corrected chi connectivity index (χ3v) is 0.287. The molecule has 0 atom stereocenters. The highest BCUT2D eigenvalue weighted by Crippen LogP contribution is 1.66. The van der Waals surface area contributed by atoms with E-state index in [0.29, 0.717) is 6.61 Å². The molecule has 0 aliphatic heterocycles. The number of hydrogen-bond donors (Lipinski definition) is 3. The van der Waals surface area contributed by atoms with Crippen LogP contribution >= 0.6 is 12.6 Å². The predicted octanol–water partition coefficient (Wildman–Crippen LogP) is 0.696. The van der Waals surface area contributed by atoms with E-state index in [4.69, 9.17) is 9.90 Å². The van der Waals surface area contributed by atoms with Crippen LogP contribution in [0.15, 0.2) is 0 Å². The molecule has 0 aromatic carbocycles. The van der Waals surface area contributed by atoms with Gasteiger partial charge in [-0.25, -0.2) is 9.59 Å². The van der Waals surface area contributed by atoms with Crippen molar-refractivity contribution >= 4 is 24.0 Å². The average Bonchev–Trinajstić information content (AvgIpc) is 1.62. The van der Waals surface area contributed by atoms with E-state index in [1.54, 1.807) is 6.92 Å². The van der Waals surface area contributed by atoms with Crippen LogP contribution in [-0.2, 0) is 4.74 Å². The molecule has 0 saturated heterocycles. The lowest BCUT2D eigenvalue weighted by molar-refractivity contribution is 0.163. The molecule has 0 rings (SSSR count). The second kappa shape index (κ2) is 8.09. The highest BCUT2D eigenvalue weighted by molar-refractivity contribution is 7.96. The molecule has 1 amide bonds. The average molecular weight is 167 g/mol. The zero-order valence-corrected chi connectivity index (χ0v) is 6.30. The highest BCUT2D eigenvalue weighted by atomic mass is 32.1. The Bertz CT molecular complexity index is 112. The molecule has 0 aromatic heterocycles. The minimum absolute atomic E-state index is 0.356. The molecule has 0 fully saturated rings. The number of rotatable bonds is 1. The molecular weight excluding hydrogens is 158 g/mol. The lowest BCUT2D eigenvalue weighted by Gasteiger charge is -1.89. The van der Waals surface area contributed by atoms with E-state index in [2.05, 4.69) is 23.1 Å². The smallest absolute Gasteiger partial charge is 0.404 e. The Balaban J connectivity index is 0. The van der Waals surface area contributed by atoms with Gasteiger partial charge in [-0.2, -0.15) is 0 Å². The number of ether oxygens (including phenoxy) is 1. The van der Waals surface area contributed by atoms with Crippen LogP contribution in [0.2, 0.25) is 0 Å². The Labute approximate surface area is 63.6 Å². The first kappa shape index (κ1) is 11.8. The second-order valence-electron chi connectivity index (χ2n) is 1.03. The zero-order chi connectivity index (χ0) is 8.57. The van der Waals surface area contributed by atoms with Crippen molar-refractivity contribution in [3.8, 4) is 0 Å². The molecule has 0 aliphatic rings. The highest BCUT2D eigenvalue weighted by Gasteiger charge is 1.82. The summed E-state index contributed by atoms with van der Waals surface area (Å²) in [7, 11) is 0. The molecule has 6 heteroatoms. The van der Waals surface area contributed by atoms with Gasteiger partial charge in [0.25, 0.3) is 0 Å². The topological polar surface area (TPSA) is 89.6 Å². The van der Waals surface area contributed by atoms with Crippen LogP contribution in [0.25, 0.3) is 0 Å². The molecule has 0 aromatic rings. The largest absolute Gasteiger partial charge is 0.473 e. The van der Waals surface area contributed by atoms with E-state index in [1.807, 2.05) is 0 Å². The molecule has 0 saturated carbocycles. The van der Waals surface area contributed by atoms with Crippen molar-refractivity contribution in [1.29, 1.82) is 0 Å². The van der Waals surface area contributed by atoms with E-state index in [-0.39, 0.29) is 0 Å². The Morgan fingerprint density at radius 3 is 2.00 bits per heavy atom. The lowest BCUT2D eigenvalue weighted by atomic mass is 10.9. The molecule has 0 bridgehead atoms. The van der Waals surface area contributed by atoms with E-state index >= 15 is 0 Å². The zero-order valence-electron chi connectivity index (χ0n) is 5.40. The van der Waals surface area contributed by atoms with Crippen molar-refractivity contribution < 1.29 is 19.4 Å². The molecule has 60 valence electrons. The Hall–Kier alpha value is -0.910. The van der Waals surface area contributed by atoms with Crippen LogP contribution in [0.5, 0.6) is 0 Å². The Morgan fingerprint density at radius 2 is 2.00 bits per heavy atom. The molecule has 3 N–H and O–H groups in total. The van der Waals surface area contributed by atoms with Gasteiger partial charge in [-0.15, -0.1) is 0 Å². The molecule has 5 nitrogen and oxygen atoms in total. The van der Waals surface area contributed by atoms with Crippen LogP contribution < -0.4 is 5.73 Å². The van der Waals surface area contributed by atoms with Crippen molar-refractivity contribution in [2.45, 2.75) is 6.92 Å². The third-order valence-electron chi connectivity index (χ3n) is 0.287. The lowest BCUT2D eigenvalue weighted by Crippen LogP contribution is -2.11. The van der Waals surface area contributed by atoms with E-state index < -0.39 is 11.4 Å². The van der Waals surface area contributed by atoms with Crippen LogP contribution in [-0.4, -0.2) is 23.1 Å². The van der Waals surface area contributed by atoms with Crippen LogP contribution in [0.1, 0.15) is 6.92 Å². The summed E-state index contributed by atoms with van der Waals surface area (Å²) in [6.07, 6.45) is -0.711. The summed E-state index contributed by atoms with van der Waals surface area (Å²) >= 11 is 2.88. The summed E-state index contributed by atoms with van der Waals surface area (Å²) in [6, 6.07) is 0. The van der Waals surface area contributed by atoms with Crippen LogP contribution in [0, 0.1) is 0 Å². The van der Waals surface area contributed by atoms with Gasteiger partial charge < -0.3 is 15.6 Å². The molecule has 0 unspecified atom stereocenters. The summed E-state index contributed by atoms with van der Waals surface area (Å²) in [4.78, 5) is 18.5. The normalized spacial score (nSPS) is 7.00. The number of thiol groups is 1. The molecular formula is C4H9NO4S. The molecule has 0 heterocycles. The maximum atomic E-state index is 9.60. The van der Waals surface area contributed by atoms with Gasteiger partial charge in [0, 0.05) is 0 Å². The Kier molecular flexibility index (Phi) is 9.57. The quantitative estimate of drug-likeness (QED) is 0.501. The maximum absolute atomic E-state index is 9.60. The van der Waals surface area contributed by atoms with Crippen LogP contribution in [0.3, 0.4) is 0 Å². The van der Waals surface area contributed by atoms with Gasteiger partial charge in [0.05, 0.1) is 6.61 Å². The van der Waals surface area contributed by atoms with Gasteiger partial charge in [-0.05, 0) is 6.92 Å². The van der Waals surface area contributed by atoms with Gasteiger partial charge in [0.2, 0.25) is 0 Å². The number of carbonyl (C=O) groups excluding carboxylic acids is 1. The van der Waals surface area contributed by atoms with E-state index in [9.17, 15) is 4.79 Å². The standard InChI is InChI=1S/C3H7NO2.CH2O2S/c1-2-6-3(4)5;2-1(3)4/h2H2,1H3,(H2,4,5);4H,(H,2,3). The molecule has 0 spiro atoms. The summed E-state index contributed by atoms with van der Waals surface area (Å²) in [5, 5.41) is 6.14. The van der Waals surface area contributed by atoms with E-state index in [1.165, 1.54) is 0 Å². The van der Waals surface area contributed by atoms with E-state index in [0.717, 1.165) is 0 Å². The number of hydrogen-bond acceptors (Lipinski definition) is 3. The molecule has 10 heavy (non-hydrogen) atoms. The Morgan fingerprint density at radius 1 is 1.70 bits per heavy atom. The van der Waals surface area contributed by atoms with Crippen molar-refractivity contribution in [3.05, 3.63) is 0 Å². The SMILES string of the molecule is CCOC(N)=O.O=C(O)S. The predicted molar refractivity (Wildman–Crippen MR) is 38.2 cm³/mol.